The summed E-state index contributed by atoms with van der Waals surface area (Å²) < 4.78 is 13.8. The summed E-state index contributed by atoms with van der Waals surface area (Å²) >= 11 is 8.73. The van der Waals surface area contributed by atoms with Crippen molar-refractivity contribution in [1.29, 1.82) is 0 Å². The summed E-state index contributed by atoms with van der Waals surface area (Å²) in [7, 11) is 1.64. The molecule has 0 bridgehead atoms. The van der Waals surface area contributed by atoms with E-state index in [4.69, 9.17) is 9.47 Å². The SMILES string of the molecule is CCCCSc1nnc2c(n1)O[C@@H](c1cc(Br)cc(Br)c1OC)Nc1ccccc1-2. The van der Waals surface area contributed by atoms with Crippen molar-refractivity contribution < 1.29 is 9.47 Å². The van der Waals surface area contributed by atoms with Gasteiger partial charge in [-0.3, -0.25) is 0 Å². The lowest BCUT2D eigenvalue weighted by molar-refractivity contribution is 0.219. The van der Waals surface area contributed by atoms with E-state index in [9.17, 15) is 0 Å². The molecule has 2 aromatic carbocycles. The van der Waals surface area contributed by atoms with Crippen LogP contribution in [0.25, 0.3) is 11.3 Å². The van der Waals surface area contributed by atoms with Gasteiger partial charge in [0.25, 0.3) is 0 Å². The van der Waals surface area contributed by atoms with Crippen molar-refractivity contribution in [3.8, 4) is 22.9 Å². The van der Waals surface area contributed by atoms with E-state index in [0.29, 0.717) is 22.5 Å². The van der Waals surface area contributed by atoms with Gasteiger partial charge in [0.2, 0.25) is 17.3 Å². The quantitative estimate of drug-likeness (QED) is 0.278. The molecule has 0 spiro atoms. The molecule has 4 rings (SSSR count). The lowest BCUT2D eigenvalue weighted by Gasteiger charge is -2.22. The molecule has 0 amide bonds. The number of unbranched alkanes of at least 4 members (excludes halogenated alkanes) is 1. The summed E-state index contributed by atoms with van der Waals surface area (Å²) in [4.78, 5) is 4.68. The van der Waals surface area contributed by atoms with E-state index < -0.39 is 6.23 Å². The number of thioether (sulfide) groups is 1. The zero-order valence-electron chi connectivity index (χ0n) is 16.5. The number of anilines is 1. The molecule has 156 valence electrons. The normalized spacial score (nSPS) is 14.7. The minimum atomic E-state index is -0.527. The molecule has 1 N–H and O–H groups in total. The minimum Gasteiger partial charge on any atom is -0.495 e. The fourth-order valence-corrected chi connectivity index (χ4v) is 5.43. The number of aromatic nitrogens is 3. The third kappa shape index (κ3) is 4.43. The number of para-hydroxylation sites is 1. The third-order valence-corrected chi connectivity index (χ3v) is 6.56. The van der Waals surface area contributed by atoms with Gasteiger partial charge < -0.3 is 14.8 Å². The fraction of sp³-hybridized carbons (Fsp3) is 0.286. The number of rotatable bonds is 6. The van der Waals surface area contributed by atoms with Crippen molar-refractivity contribution >= 4 is 49.3 Å². The first-order valence-corrected chi connectivity index (χ1v) is 12.1. The van der Waals surface area contributed by atoms with E-state index in [-0.39, 0.29) is 0 Å². The molecule has 9 heteroatoms. The highest BCUT2D eigenvalue weighted by molar-refractivity contribution is 9.11. The Morgan fingerprint density at radius 1 is 1.20 bits per heavy atom. The van der Waals surface area contributed by atoms with Crippen molar-refractivity contribution in [1.82, 2.24) is 15.2 Å². The summed E-state index contributed by atoms with van der Waals surface area (Å²) in [6, 6.07) is 11.8. The van der Waals surface area contributed by atoms with Crippen LogP contribution < -0.4 is 14.8 Å². The molecule has 6 nitrogen and oxygen atoms in total. The maximum absolute atomic E-state index is 6.37. The fourth-order valence-electron chi connectivity index (χ4n) is 3.15. The zero-order chi connectivity index (χ0) is 21.1. The average Bonchev–Trinajstić information content (AvgIpc) is 2.90. The van der Waals surface area contributed by atoms with Crippen molar-refractivity contribution in [3.63, 3.8) is 0 Å². The Balaban J connectivity index is 1.80. The number of benzene rings is 2. The van der Waals surface area contributed by atoms with Crippen molar-refractivity contribution in [3.05, 3.63) is 50.9 Å². The summed E-state index contributed by atoms with van der Waals surface area (Å²) in [6.45, 7) is 2.16. The number of hydrogen-bond donors (Lipinski definition) is 1. The molecule has 0 saturated heterocycles. The molecular weight excluding hydrogens is 532 g/mol. The van der Waals surface area contributed by atoms with Crippen LogP contribution in [0.4, 0.5) is 5.69 Å². The number of fused-ring (bicyclic) bond motifs is 3. The van der Waals surface area contributed by atoms with Gasteiger partial charge in [-0.1, -0.05) is 59.2 Å². The largest absolute Gasteiger partial charge is 0.495 e. The molecule has 1 aliphatic rings. The van der Waals surface area contributed by atoms with Crippen LogP contribution in [0.2, 0.25) is 0 Å². The lowest BCUT2D eigenvalue weighted by Crippen LogP contribution is -2.18. The Hall–Kier alpha value is -1.84. The molecule has 1 atom stereocenters. The van der Waals surface area contributed by atoms with Gasteiger partial charge in [-0.25, -0.2) is 0 Å². The zero-order valence-corrected chi connectivity index (χ0v) is 20.5. The molecule has 0 unspecified atom stereocenters. The Bertz CT molecular complexity index is 1070. The lowest BCUT2D eigenvalue weighted by atomic mass is 10.1. The molecular formula is C21H20Br2N4O2S. The second kappa shape index (κ2) is 9.53. The van der Waals surface area contributed by atoms with E-state index in [1.807, 2.05) is 36.4 Å². The maximum atomic E-state index is 6.37. The van der Waals surface area contributed by atoms with Gasteiger partial charge in [-0.2, -0.15) is 4.98 Å². The number of nitrogens with one attached hydrogen (secondary N) is 1. The van der Waals surface area contributed by atoms with Gasteiger partial charge >= 0.3 is 0 Å². The van der Waals surface area contributed by atoms with Gasteiger partial charge in [0, 0.05) is 21.5 Å². The summed E-state index contributed by atoms with van der Waals surface area (Å²) in [5, 5.41) is 12.9. The van der Waals surface area contributed by atoms with Crippen LogP contribution in [0.15, 0.2) is 50.5 Å². The van der Waals surface area contributed by atoms with Gasteiger partial charge in [0.05, 0.1) is 17.1 Å². The topological polar surface area (TPSA) is 69.2 Å². The number of hydrogen-bond acceptors (Lipinski definition) is 7. The second-order valence-corrected chi connectivity index (χ2v) is 9.48. The van der Waals surface area contributed by atoms with Crippen LogP contribution in [-0.2, 0) is 0 Å². The van der Waals surface area contributed by atoms with Crippen molar-refractivity contribution in [2.24, 2.45) is 0 Å². The standard InChI is InChI=1S/C21H20Br2N4O2S/c1-3-4-9-30-21-25-20-17(26-27-21)13-7-5-6-8-16(13)24-19(29-20)14-10-12(22)11-15(23)18(14)28-2/h5-8,10-11,19,24H,3-4,9H2,1-2H3/t19-/m0/s1. The molecule has 30 heavy (non-hydrogen) atoms. The summed E-state index contributed by atoms with van der Waals surface area (Å²) in [5.74, 6) is 2.09. The highest BCUT2D eigenvalue weighted by Gasteiger charge is 2.28. The number of ether oxygens (including phenoxy) is 2. The van der Waals surface area contributed by atoms with Gasteiger partial charge in [0.1, 0.15) is 5.75 Å². The molecule has 1 aliphatic heterocycles. The van der Waals surface area contributed by atoms with Gasteiger partial charge in [-0.05, 0) is 40.5 Å². The Morgan fingerprint density at radius 2 is 2.03 bits per heavy atom. The first kappa shape index (κ1) is 21.4. The molecule has 0 fully saturated rings. The molecule has 0 radical (unpaired) electrons. The highest BCUT2D eigenvalue weighted by Crippen LogP contribution is 2.43. The van der Waals surface area contributed by atoms with Crippen LogP contribution in [0.1, 0.15) is 31.6 Å². The maximum Gasteiger partial charge on any atom is 0.247 e. The predicted molar refractivity (Wildman–Crippen MR) is 126 cm³/mol. The smallest absolute Gasteiger partial charge is 0.247 e. The number of nitrogens with zero attached hydrogens (tertiary/aromatic N) is 3. The summed E-state index contributed by atoms with van der Waals surface area (Å²) in [6.07, 6.45) is 1.70. The first-order valence-electron chi connectivity index (χ1n) is 9.53. The number of methoxy groups -OCH3 is 1. The van der Waals surface area contributed by atoms with Crippen LogP contribution in [0.3, 0.4) is 0 Å². The molecule has 0 aliphatic carbocycles. The first-order chi connectivity index (χ1) is 14.6. The van der Waals surface area contributed by atoms with Crippen molar-refractivity contribution in [2.45, 2.75) is 31.1 Å². The van der Waals surface area contributed by atoms with Gasteiger partial charge in [-0.15, -0.1) is 10.2 Å². The monoisotopic (exact) mass is 550 g/mol. The molecule has 1 aromatic heterocycles. The number of halogens is 2. The molecule has 3 aromatic rings. The molecule has 2 heterocycles. The second-order valence-electron chi connectivity index (χ2n) is 6.65. The van der Waals surface area contributed by atoms with Crippen LogP contribution in [0.5, 0.6) is 11.6 Å². The van der Waals surface area contributed by atoms with E-state index in [0.717, 1.165) is 44.4 Å². The van der Waals surface area contributed by atoms with E-state index >= 15 is 0 Å². The predicted octanol–water partition coefficient (Wildman–Crippen LogP) is 6.47. The third-order valence-electron chi connectivity index (χ3n) is 4.59. The molecule has 0 saturated carbocycles. The van der Waals surface area contributed by atoms with E-state index in [1.54, 1.807) is 18.9 Å². The average molecular weight is 552 g/mol. The highest BCUT2D eigenvalue weighted by atomic mass is 79.9. The van der Waals surface area contributed by atoms with Crippen LogP contribution >= 0.6 is 43.6 Å². The Morgan fingerprint density at radius 3 is 2.83 bits per heavy atom. The van der Waals surface area contributed by atoms with Crippen LogP contribution in [0, 0.1) is 0 Å². The van der Waals surface area contributed by atoms with Crippen LogP contribution in [-0.4, -0.2) is 28.0 Å². The Labute approximate surface area is 196 Å². The van der Waals surface area contributed by atoms with Crippen molar-refractivity contribution in [2.75, 3.05) is 18.2 Å². The minimum absolute atomic E-state index is 0.449. The summed E-state index contributed by atoms with van der Waals surface area (Å²) in [5.41, 5.74) is 3.24. The van der Waals surface area contributed by atoms with E-state index in [2.05, 4.69) is 59.3 Å². The van der Waals surface area contributed by atoms with Gasteiger partial charge in [0.15, 0.2) is 5.69 Å². The van der Waals surface area contributed by atoms with E-state index in [1.165, 1.54) is 0 Å². The Kier molecular flexibility index (Phi) is 6.80.